The Morgan fingerprint density at radius 1 is 1.15 bits per heavy atom. The number of hydrogen-bond acceptors (Lipinski definition) is 6. The van der Waals surface area contributed by atoms with Gasteiger partial charge in [-0.1, -0.05) is 25.0 Å². The molecular formula is C18H20N2O5S2. The van der Waals surface area contributed by atoms with Gasteiger partial charge < -0.3 is 10.1 Å². The van der Waals surface area contributed by atoms with Crippen LogP contribution in [0, 0.1) is 0 Å². The minimum absolute atomic E-state index is 0.0158. The van der Waals surface area contributed by atoms with Crippen LogP contribution in [0.5, 0.6) is 0 Å². The topological polar surface area (TPSA) is 102 Å². The molecule has 1 amide bonds. The molecule has 0 radical (unpaired) electrons. The summed E-state index contributed by atoms with van der Waals surface area (Å²) in [5.41, 5.74) is 0.401. The van der Waals surface area contributed by atoms with Gasteiger partial charge in [0.15, 0.2) is 0 Å². The Morgan fingerprint density at radius 3 is 2.56 bits per heavy atom. The summed E-state index contributed by atoms with van der Waals surface area (Å²) in [4.78, 5) is 24.2. The highest BCUT2D eigenvalue weighted by atomic mass is 32.2. The summed E-state index contributed by atoms with van der Waals surface area (Å²) in [6.07, 6.45) is 4.01. The van der Waals surface area contributed by atoms with E-state index < -0.39 is 16.0 Å². The van der Waals surface area contributed by atoms with E-state index in [0.717, 1.165) is 37.0 Å². The molecule has 1 aliphatic carbocycles. The van der Waals surface area contributed by atoms with Gasteiger partial charge in [0, 0.05) is 6.04 Å². The number of amides is 1. The Labute approximate surface area is 161 Å². The molecule has 1 heterocycles. The van der Waals surface area contributed by atoms with Crippen molar-refractivity contribution < 1.29 is 22.7 Å². The number of hydrogen-bond donors (Lipinski definition) is 2. The van der Waals surface area contributed by atoms with Gasteiger partial charge in [0.2, 0.25) is 0 Å². The maximum Gasteiger partial charge on any atom is 0.349 e. The van der Waals surface area contributed by atoms with Crippen molar-refractivity contribution in [3.8, 4) is 0 Å². The second kappa shape index (κ2) is 8.10. The monoisotopic (exact) mass is 408 g/mol. The molecule has 1 fully saturated rings. The van der Waals surface area contributed by atoms with Crippen molar-refractivity contribution in [1.82, 2.24) is 5.32 Å². The van der Waals surface area contributed by atoms with E-state index in [2.05, 4.69) is 14.8 Å². The summed E-state index contributed by atoms with van der Waals surface area (Å²) < 4.78 is 32.6. The average molecular weight is 409 g/mol. The summed E-state index contributed by atoms with van der Waals surface area (Å²) >= 11 is 0.978. The van der Waals surface area contributed by atoms with E-state index in [1.807, 2.05) is 0 Å². The maximum atomic E-state index is 12.8. The number of ether oxygens (including phenoxy) is 1. The Bertz CT molecular complexity index is 946. The standard InChI is InChI=1S/C18H20N2O5S2/c1-25-18(22)16-15(10-11-26-16)27(23,24)20-14-9-5-4-8-13(14)17(21)19-12-6-2-3-7-12/h4-5,8-12,20H,2-3,6-7H2,1H3,(H,19,21). The smallest absolute Gasteiger partial charge is 0.349 e. The number of nitrogens with one attached hydrogen (secondary N) is 2. The third-order valence-electron chi connectivity index (χ3n) is 4.40. The molecule has 9 heteroatoms. The summed E-state index contributed by atoms with van der Waals surface area (Å²) in [5.74, 6) is -1.05. The van der Waals surface area contributed by atoms with Gasteiger partial charge in [0.1, 0.15) is 9.77 Å². The molecule has 0 unspecified atom stereocenters. The minimum Gasteiger partial charge on any atom is -0.465 e. The molecule has 144 valence electrons. The lowest BCUT2D eigenvalue weighted by Gasteiger charge is -2.15. The highest BCUT2D eigenvalue weighted by Gasteiger charge is 2.26. The first-order valence-electron chi connectivity index (χ1n) is 8.51. The number of thiophene rings is 1. The van der Waals surface area contributed by atoms with Crippen LogP contribution >= 0.6 is 11.3 Å². The molecule has 0 atom stereocenters. The Hall–Kier alpha value is -2.39. The lowest BCUT2D eigenvalue weighted by atomic mass is 10.1. The third kappa shape index (κ3) is 4.30. The molecule has 0 bridgehead atoms. The SMILES string of the molecule is COC(=O)c1sccc1S(=O)(=O)Nc1ccccc1C(=O)NC1CCCC1. The quantitative estimate of drug-likeness (QED) is 0.716. The van der Waals surface area contributed by atoms with Crippen molar-refractivity contribution in [3.05, 3.63) is 46.2 Å². The van der Waals surface area contributed by atoms with Crippen LogP contribution in [-0.4, -0.2) is 33.4 Å². The number of methoxy groups -OCH3 is 1. The van der Waals surface area contributed by atoms with Crippen molar-refractivity contribution in [2.45, 2.75) is 36.6 Å². The molecule has 2 aromatic rings. The number of sulfonamides is 1. The molecule has 7 nitrogen and oxygen atoms in total. The van der Waals surface area contributed by atoms with Gasteiger partial charge in [-0.15, -0.1) is 11.3 Å². The molecule has 1 saturated carbocycles. The van der Waals surface area contributed by atoms with Crippen molar-refractivity contribution in [3.63, 3.8) is 0 Å². The Balaban J connectivity index is 1.86. The first-order chi connectivity index (χ1) is 12.9. The molecule has 1 aromatic carbocycles. The number of carbonyl (C=O) groups is 2. The van der Waals surface area contributed by atoms with E-state index in [9.17, 15) is 18.0 Å². The lowest BCUT2D eigenvalue weighted by Crippen LogP contribution is -2.33. The first kappa shape index (κ1) is 19.4. The van der Waals surface area contributed by atoms with Crippen LogP contribution in [0.15, 0.2) is 40.6 Å². The van der Waals surface area contributed by atoms with Crippen molar-refractivity contribution in [2.75, 3.05) is 11.8 Å². The van der Waals surface area contributed by atoms with Gasteiger partial charge >= 0.3 is 5.97 Å². The zero-order valence-corrected chi connectivity index (χ0v) is 16.4. The van der Waals surface area contributed by atoms with Gasteiger partial charge in [-0.25, -0.2) is 13.2 Å². The first-order valence-corrected chi connectivity index (χ1v) is 10.9. The van der Waals surface area contributed by atoms with Gasteiger partial charge in [-0.2, -0.15) is 0 Å². The van der Waals surface area contributed by atoms with E-state index >= 15 is 0 Å². The summed E-state index contributed by atoms with van der Waals surface area (Å²) in [5, 5.41) is 4.45. The summed E-state index contributed by atoms with van der Waals surface area (Å²) in [6, 6.07) is 7.85. The predicted molar refractivity (Wildman–Crippen MR) is 103 cm³/mol. The highest BCUT2D eigenvalue weighted by molar-refractivity contribution is 7.93. The second-order valence-corrected chi connectivity index (χ2v) is 8.78. The third-order valence-corrected chi connectivity index (χ3v) is 6.83. The van der Waals surface area contributed by atoms with E-state index in [-0.39, 0.29) is 33.0 Å². The number of benzene rings is 1. The fraction of sp³-hybridized carbons (Fsp3) is 0.333. The largest absolute Gasteiger partial charge is 0.465 e. The van der Waals surface area contributed by atoms with Crippen LogP contribution in [0.3, 0.4) is 0 Å². The van der Waals surface area contributed by atoms with Gasteiger partial charge in [-0.05, 0) is 36.4 Å². The molecule has 0 aliphatic heterocycles. The molecule has 1 aliphatic rings. The molecule has 1 aromatic heterocycles. The van der Waals surface area contributed by atoms with Crippen LogP contribution in [0.4, 0.5) is 5.69 Å². The molecule has 0 saturated heterocycles. The summed E-state index contributed by atoms with van der Waals surface area (Å²) in [6.45, 7) is 0. The van der Waals surface area contributed by atoms with Gasteiger partial charge in [-0.3, -0.25) is 9.52 Å². The van der Waals surface area contributed by atoms with Crippen LogP contribution in [0.2, 0.25) is 0 Å². The van der Waals surface area contributed by atoms with E-state index in [1.54, 1.807) is 18.2 Å². The lowest BCUT2D eigenvalue weighted by molar-refractivity contribution is 0.0602. The van der Waals surface area contributed by atoms with E-state index in [4.69, 9.17) is 0 Å². The minimum atomic E-state index is -4.06. The number of para-hydroxylation sites is 1. The number of esters is 1. The van der Waals surface area contributed by atoms with Crippen molar-refractivity contribution in [2.24, 2.45) is 0 Å². The number of anilines is 1. The maximum absolute atomic E-state index is 12.8. The normalized spacial score (nSPS) is 14.7. The fourth-order valence-electron chi connectivity index (χ4n) is 3.05. The van der Waals surface area contributed by atoms with Crippen LogP contribution < -0.4 is 10.0 Å². The van der Waals surface area contributed by atoms with Crippen LogP contribution in [0.25, 0.3) is 0 Å². The van der Waals surface area contributed by atoms with Gasteiger partial charge in [0.25, 0.3) is 15.9 Å². The van der Waals surface area contributed by atoms with Crippen LogP contribution in [0.1, 0.15) is 45.7 Å². The zero-order chi connectivity index (χ0) is 19.4. The van der Waals surface area contributed by atoms with E-state index in [0.29, 0.717) is 0 Å². The Kier molecular flexibility index (Phi) is 5.81. The molecular weight excluding hydrogens is 388 g/mol. The van der Waals surface area contributed by atoms with Crippen LogP contribution in [-0.2, 0) is 14.8 Å². The molecule has 0 spiro atoms. The number of carbonyl (C=O) groups excluding carboxylic acids is 2. The zero-order valence-electron chi connectivity index (χ0n) is 14.7. The molecule has 2 N–H and O–H groups in total. The number of rotatable bonds is 6. The van der Waals surface area contributed by atoms with Gasteiger partial charge in [0.05, 0.1) is 18.4 Å². The van der Waals surface area contributed by atoms with Crippen molar-refractivity contribution in [1.29, 1.82) is 0 Å². The van der Waals surface area contributed by atoms with Crippen molar-refractivity contribution >= 4 is 38.9 Å². The molecule has 27 heavy (non-hydrogen) atoms. The average Bonchev–Trinajstić information content (AvgIpc) is 3.33. The van der Waals surface area contributed by atoms with E-state index in [1.165, 1.54) is 24.6 Å². The molecule has 3 rings (SSSR count). The second-order valence-electron chi connectivity index (χ2n) is 6.21. The fourth-order valence-corrected chi connectivity index (χ4v) is 5.47. The summed E-state index contributed by atoms with van der Waals surface area (Å²) in [7, 11) is -2.87. The Morgan fingerprint density at radius 2 is 1.85 bits per heavy atom. The highest BCUT2D eigenvalue weighted by Crippen LogP contribution is 2.27. The predicted octanol–water partition coefficient (Wildman–Crippen LogP) is 3.01.